The lowest BCUT2D eigenvalue weighted by Gasteiger charge is -2.22. The fourth-order valence-electron chi connectivity index (χ4n) is 2.95. The Morgan fingerprint density at radius 3 is 2.67 bits per heavy atom. The van der Waals surface area contributed by atoms with Crippen molar-refractivity contribution >= 4 is 5.91 Å². The third kappa shape index (κ3) is 3.47. The van der Waals surface area contributed by atoms with E-state index in [0.29, 0.717) is 11.8 Å². The van der Waals surface area contributed by atoms with Gasteiger partial charge in [-0.25, -0.2) is 0 Å². The lowest BCUT2D eigenvalue weighted by molar-refractivity contribution is -0.130. The van der Waals surface area contributed by atoms with Gasteiger partial charge in [0.15, 0.2) is 0 Å². The summed E-state index contributed by atoms with van der Waals surface area (Å²) in [4.78, 5) is 14.5. The van der Waals surface area contributed by atoms with Crippen molar-refractivity contribution in [2.45, 2.75) is 71.5 Å². The van der Waals surface area contributed by atoms with Crippen LogP contribution in [0.1, 0.15) is 59.3 Å². The first-order valence-electron chi connectivity index (χ1n) is 7.68. The number of hydrogen-bond acceptors (Lipinski definition) is 2. The Kier molecular flexibility index (Phi) is 4.66. The first kappa shape index (κ1) is 13.9. The zero-order valence-electron chi connectivity index (χ0n) is 12.1. The number of amides is 1. The maximum Gasteiger partial charge on any atom is 0.241 e. The molecule has 104 valence electrons. The van der Waals surface area contributed by atoms with Gasteiger partial charge in [-0.1, -0.05) is 33.6 Å². The Morgan fingerprint density at radius 1 is 1.39 bits per heavy atom. The molecule has 2 unspecified atom stereocenters. The van der Waals surface area contributed by atoms with E-state index in [0.717, 1.165) is 25.3 Å². The van der Waals surface area contributed by atoms with Gasteiger partial charge in [0, 0.05) is 6.54 Å². The van der Waals surface area contributed by atoms with Crippen LogP contribution in [0.25, 0.3) is 0 Å². The molecule has 0 bridgehead atoms. The normalized spacial score (nSPS) is 28.4. The number of carbonyl (C=O) groups is 1. The topological polar surface area (TPSA) is 32.3 Å². The third-order valence-electron chi connectivity index (χ3n) is 4.15. The van der Waals surface area contributed by atoms with Crippen LogP contribution in [0.4, 0.5) is 0 Å². The molecule has 3 heteroatoms. The minimum absolute atomic E-state index is 0.0656. The summed E-state index contributed by atoms with van der Waals surface area (Å²) in [5.41, 5.74) is 0. The first-order valence-corrected chi connectivity index (χ1v) is 7.68. The highest BCUT2D eigenvalue weighted by Gasteiger charge is 2.37. The van der Waals surface area contributed by atoms with E-state index in [1.54, 1.807) is 0 Å². The van der Waals surface area contributed by atoms with Crippen LogP contribution in [0, 0.1) is 11.8 Å². The molecule has 1 N–H and O–H groups in total. The molecule has 1 aliphatic heterocycles. The number of nitrogens with one attached hydrogen (secondary N) is 1. The second kappa shape index (κ2) is 6.05. The lowest BCUT2D eigenvalue weighted by Crippen LogP contribution is -2.37. The maximum atomic E-state index is 12.4. The van der Waals surface area contributed by atoms with Crippen molar-refractivity contribution in [1.29, 1.82) is 0 Å². The molecule has 2 aliphatic rings. The van der Waals surface area contributed by atoms with E-state index in [9.17, 15) is 4.79 Å². The molecule has 0 aromatic heterocycles. The molecular weight excluding hydrogens is 224 g/mol. The SMILES string of the molecule is CCC1NC(CC(C)C)C(=O)N1CCCC1CC1. The molecule has 1 heterocycles. The summed E-state index contributed by atoms with van der Waals surface area (Å²) in [5, 5.41) is 3.50. The van der Waals surface area contributed by atoms with Gasteiger partial charge in [-0.3, -0.25) is 10.1 Å². The van der Waals surface area contributed by atoms with E-state index in [4.69, 9.17) is 0 Å². The molecule has 2 atom stereocenters. The van der Waals surface area contributed by atoms with Crippen LogP contribution in [0.2, 0.25) is 0 Å². The van der Waals surface area contributed by atoms with Crippen LogP contribution in [0.15, 0.2) is 0 Å². The summed E-state index contributed by atoms with van der Waals surface area (Å²) < 4.78 is 0. The molecule has 1 aliphatic carbocycles. The molecule has 2 rings (SSSR count). The summed E-state index contributed by atoms with van der Waals surface area (Å²) in [6.07, 6.45) is 7.59. The standard InChI is InChI=1S/C15H28N2O/c1-4-14-16-13(10-11(2)3)15(18)17(14)9-5-6-12-7-8-12/h11-14,16H,4-10H2,1-3H3. The summed E-state index contributed by atoms with van der Waals surface area (Å²) in [7, 11) is 0. The highest BCUT2D eigenvalue weighted by atomic mass is 16.2. The van der Waals surface area contributed by atoms with Crippen LogP contribution >= 0.6 is 0 Å². The molecule has 18 heavy (non-hydrogen) atoms. The summed E-state index contributed by atoms with van der Waals surface area (Å²) >= 11 is 0. The molecule has 0 aromatic rings. The van der Waals surface area contributed by atoms with Crippen molar-refractivity contribution in [3.8, 4) is 0 Å². The Labute approximate surface area is 111 Å². The van der Waals surface area contributed by atoms with Crippen molar-refractivity contribution in [2.24, 2.45) is 11.8 Å². The fraction of sp³-hybridized carbons (Fsp3) is 0.933. The minimum Gasteiger partial charge on any atom is -0.326 e. The highest BCUT2D eigenvalue weighted by molar-refractivity contribution is 5.84. The van der Waals surface area contributed by atoms with Crippen LogP contribution in [0.3, 0.4) is 0 Å². The van der Waals surface area contributed by atoms with Gasteiger partial charge in [-0.2, -0.15) is 0 Å². The van der Waals surface area contributed by atoms with Crippen LogP contribution in [0.5, 0.6) is 0 Å². The van der Waals surface area contributed by atoms with Gasteiger partial charge in [-0.15, -0.1) is 0 Å². The van der Waals surface area contributed by atoms with Crippen molar-refractivity contribution in [3.05, 3.63) is 0 Å². The van der Waals surface area contributed by atoms with Gasteiger partial charge in [-0.05, 0) is 37.5 Å². The smallest absolute Gasteiger partial charge is 0.241 e. The monoisotopic (exact) mass is 252 g/mol. The molecule has 3 nitrogen and oxygen atoms in total. The van der Waals surface area contributed by atoms with E-state index in [1.807, 2.05) is 0 Å². The van der Waals surface area contributed by atoms with E-state index >= 15 is 0 Å². The van der Waals surface area contributed by atoms with Gasteiger partial charge in [0.2, 0.25) is 5.91 Å². The lowest BCUT2D eigenvalue weighted by atomic mass is 10.0. The maximum absolute atomic E-state index is 12.4. The molecule has 2 fully saturated rings. The fourth-order valence-corrected chi connectivity index (χ4v) is 2.95. The Bertz CT molecular complexity index is 286. The molecule has 0 radical (unpaired) electrons. The van der Waals surface area contributed by atoms with E-state index in [-0.39, 0.29) is 12.2 Å². The highest BCUT2D eigenvalue weighted by Crippen LogP contribution is 2.33. The number of carbonyl (C=O) groups excluding carboxylic acids is 1. The quantitative estimate of drug-likeness (QED) is 0.755. The van der Waals surface area contributed by atoms with Crippen molar-refractivity contribution < 1.29 is 4.79 Å². The average molecular weight is 252 g/mol. The van der Waals surface area contributed by atoms with E-state index in [2.05, 4.69) is 31.0 Å². The van der Waals surface area contributed by atoms with Crippen LogP contribution in [-0.4, -0.2) is 29.6 Å². The molecule has 0 aromatic carbocycles. The van der Waals surface area contributed by atoms with Crippen molar-refractivity contribution in [2.75, 3.05) is 6.54 Å². The largest absolute Gasteiger partial charge is 0.326 e. The molecule has 0 spiro atoms. The molecule has 1 saturated heterocycles. The predicted molar refractivity (Wildman–Crippen MR) is 74.1 cm³/mol. The molecule has 1 amide bonds. The second-order valence-electron chi connectivity index (χ2n) is 6.39. The predicted octanol–water partition coefficient (Wildman–Crippen LogP) is 2.76. The minimum atomic E-state index is 0.0656. The first-order chi connectivity index (χ1) is 8.61. The van der Waals surface area contributed by atoms with Crippen LogP contribution < -0.4 is 5.32 Å². The Morgan fingerprint density at radius 2 is 2.11 bits per heavy atom. The van der Waals surface area contributed by atoms with Gasteiger partial charge >= 0.3 is 0 Å². The number of hydrogen-bond donors (Lipinski definition) is 1. The van der Waals surface area contributed by atoms with Crippen molar-refractivity contribution in [3.63, 3.8) is 0 Å². The van der Waals surface area contributed by atoms with E-state index in [1.165, 1.54) is 25.7 Å². The zero-order chi connectivity index (χ0) is 13.1. The summed E-state index contributed by atoms with van der Waals surface area (Å²) in [6.45, 7) is 7.49. The van der Waals surface area contributed by atoms with Gasteiger partial charge in [0.25, 0.3) is 0 Å². The molecular formula is C15H28N2O. The number of nitrogens with zero attached hydrogens (tertiary/aromatic N) is 1. The average Bonchev–Trinajstić information content (AvgIpc) is 3.09. The van der Waals surface area contributed by atoms with E-state index < -0.39 is 0 Å². The van der Waals surface area contributed by atoms with Gasteiger partial charge < -0.3 is 4.90 Å². The van der Waals surface area contributed by atoms with Gasteiger partial charge in [0.05, 0.1) is 12.2 Å². The second-order valence-corrected chi connectivity index (χ2v) is 6.39. The summed E-state index contributed by atoms with van der Waals surface area (Å²) in [5.74, 6) is 1.89. The zero-order valence-corrected chi connectivity index (χ0v) is 12.1. The van der Waals surface area contributed by atoms with Gasteiger partial charge in [0.1, 0.15) is 0 Å². The number of rotatable bonds is 7. The van der Waals surface area contributed by atoms with Crippen LogP contribution in [-0.2, 0) is 4.79 Å². The Balaban J connectivity index is 1.83. The third-order valence-corrected chi connectivity index (χ3v) is 4.15. The molecule has 1 saturated carbocycles. The van der Waals surface area contributed by atoms with Crippen molar-refractivity contribution in [1.82, 2.24) is 10.2 Å². The summed E-state index contributed by atoms with van der Waals surface area (Å²) in [6, 6.07) is 0.0656. The Hall–Kier alpha value is -0.570.